The lowest BCUT2D eigenvalue weighted by molar-refractivity contribution is -0.137. The van der Waals surface area contributed by atoms with Crippen LogP contribution in [0.5, 0.6) is 5.75 Å². The molecular weight excluding hydrogens is 361 g/mol. The van der Waals surface area contributed by atoms with Gasteiger partial charge in [0.15, 0.2) is 18.2 Å². The van der Waals surface area contributed by atoms with Crippen molar-refractivity contribution in [2.75, 3.05) is 13.4 Å². The van der Waals surface area contributed by atoms with Crippen LogP contribution in [0.4, 0.5) is 13.2 Å². The Morgan fingerprint density at radius 2 is 2.04 bits per heavy atom. The van der Waals surface area contributed by atoms with Gasteiger partial charge in [-0.1, -0.05) is 11.6 Å². The zero-order chi connectivity index (χ0) is 18.6. The third kappa shape index (κ3) is 4.46. The largest absolute Gasteiger partial charge is 0.467 e. The van der Waals surface area contributed by atoms with E-state index in [2.05, 4.69) is 9.97 Å². The molecule has 2 rings (SSSR count). The number of aldehydes is 1. The maximum Gasteiger partial charge on any atom is 0.416 e. The molecule has 0 saturated heterocycles. The monoisotopic (exact) mass is 374 g/mol. The fourth-order valence-corrected chi connectivity index (χ4v) is 2.31. The first-order valence-electron chi connectivity index (χ1n) is 7.18. The van der Waals surface area contributed by atoms with Crippen molar-refractivity contribution in [2.45, 2.75) is 20.0 Å². The molecule has 0 saturated carbocycles. The van der Waals surface area contributed by atoms with Crippen molar-refractivity contribution in [1.82, 2.24) is 9.97 Å². The van der Waals surface area contributed by atoms with Crippen molar-refractivity contribution in [3.05, 3.63) is 40.3 Å². The second kappa shape index (κ2) is 7.79. The molecule has 25 heavy (non-hydrogen) atoms. The summed E-state index contributed by atoms with van der Waals surface area (Å²) < 4.78 is 49.6. The van der Waals surface area contributed by atoms with Crippen LogP contribution >= 0.6 is 11.6 Å². The summed E-state index contributed by atoms with van der Waals surface area (Å²) in [5, 5.41) is -0.150. The number of benzene rings is 1. The summed E-state index contributed by atoms with van der Waals surface area (Å²) in [6.07, 6.45) is -2.85. The summed E-state index contributed by atoms with van der Waals surface area (Å²) >= 11 is 5.86. The van der Waals surface area contributed by atoms with Gasteiger partial charge in [-0.2, -0.15) is 13.2 Å². The lowest BCUT2D eigenvalue weighted by Gasteiger charge is -2.17. The molecule has 134 valence electrons. The van der Waals surface area contributed by atoms with E-state index in [0.717, 1.165) is 12.1 Å². The third-order valence-corrected chi connectivity index (χ3v) is 3.53. The summed E-state index contributed by atoms with van der Waals surface area (Å²) in [6, 6.07) is 1.84. The van der Waals surface area contributed by atoms with Crippen molar-refractivity contribution in [3.8, 4) is 17.0 Å². The number of carbonyl (C=O) groups excluding carboxylic acids is 1. The lowest BCUT2D eigenvalue weighted by Crippen LogP contribution is -2.09. The maximum atomic E-state index is 13.1. The number of aryl methyl sites for hydroxylation is 1. The number of hydrogen-bond donors (Lipinski definition) is 0. The van der Waals surface area contributed by atoms with Crippen LogP contribution in [0.15, 0.2) is 18.3 Å². The van der Waals surface area contributed by atoms with E-state index in [-0.39, 0.29) is 34.6 Å². The lowest BCUT2D eigenvalue weighted by atomic mass is 10.0. The number of aromatic nitrogens is 2. The topological polar surface area (TPSA) is 61.3 Å². The highest BCUT2D eigenvalue weighted by atomic mass is 35.5. The van der Waals surface area contributed by atoms with Crippen LogP contribution in [-0.2, 0) is 10.9 Å². The molecule has 1 aromatic heterocycles. The van der Waals surface area contributed by atoms with Crippen LogP contribution in [-0.4, -0.2) is 29.7 Å². The van der Waals surface area contributed by atoms with Crippen LogP contribution < -0.4 is 4.74 Å². The van der Waals surface area contributed by atoms with E-state index in [0.29, 0.717) is 18.5 Å². The summed E-state index contributed by atoms with van der Waals surface area (Å²) in [7, 11) is 0. The Morgan fingerprint density at radius 1 is 1.32 bits per heavy atom. The van der Waals surface area contributed by atoms with E-state index < -0.39 is 11.7 Å². The molecule has 2 aromatic rings. The molecule has 0 aliphatic carbocycles. The Hall–Kier alpha value is -2.19. The van der Waals surface area contributed by atoms with Crippen LogP contribution in [0.25, 0.3) is 11.3 Å². The predicted molar refractivity (Wildman–Crippen MR) is 84.7 cm³/mol. The van der Waals surface area contributed by atoms with Gasteiger partial charge in [0.1, 0.15) is 11.4 Å². The van der Waals surface area contributed by atoms with E-state index in [4.69, 9.17) is 21.1 Å². The van der Waals surface area contributed by atoms with Crippen LogP contribution in [0, 0.1) is 6.92 Å². The minimum absolute atomic E-state index is 0.0632. The molecule has 0 bridgehead atoms. The first-order chi connectivity index (χ1) is 11.8. The first kappa shape index (κ1) is 19.1. The molecule has 0 N–H and O–H groups in total. The number of rotatable bonds is 6. The second-order valence-electron chi connectivity index (χ2n) is 4.97. The van der Waals surface area contributed by atoms with Crippen LogP contribution in [0.3, 0.4) is 0 Å². The Morgan fingerprint density at radius 3 is 2.60 bits per heavy atom. The summed E-state index contributed by atoms with van der Waals surface area (Å²) in [4.78, 5) is 18.7. The van der Waals surface area contributed by atoms with Gasteiger partial charge in [-0.05, 0) is 31.5 Å². The average Bonchev–Trinajstić information content (AvgIpc) is 2.54. The fraction of sp³-hybridized carbons (Fsp3) is 0.312. The highest BCUT2D eigenvalue weighted by molar-refractivity contribution is 6.31. The fourth-order valence-electron chi connectivity index (χ4n) is 2.12. The SMILES string of the molecule is CCOCOc1cc(C(F)(F)F)cc(C)c1-c1cnc(C=O)c(Cl)n1. The molecule has 0 aliphatic rings. The number of carbonyl (C=O) groups is 1. The Balaban J connectivity index is 2.58. The molecule has 1 heterocycles. The van der Waals surface area contributed by atoms with Crippen molar-refractivity contribution in [3.63, 3.8) is 0 Å². The number of hydrogen-bond acceptors (Lipinski definition) is 5. The zero-order valence-electron chi connectivity index (χ0n) is 13.4. The van der Waals surface area contributed by atoms with Gasteiger partial charge in [-0.25, -0.2) is 9.97 Å². The molecule has 1 aromatic carbocycles. The van der Waals surface area contributed by atoms with E-state index >= 15 is 0 Å². The predicted octanol–water partition coefficient (Wildman–Crippen LogP) is 4.31. The minimum atomic E-state index is -4.53. The molecule has 0 fully saturated rings. The standard InChI is InChI=1S/C16H14ClF3N2O3/c1-3-24-8-25-13-5-10(16(18,19)20)4-9(2)14(13)11-6-21-12(7-23)15(17)22-11/h4-7H,3,8H2,1-2H3. The number of alkyl halides is 3. The van der Waals surface area contributed by atoms with Gasteiger partial charge in [-0.15, -0.1) is 0 Å². The van der Waals surface area contributed by atoms with Gasteiger partial charge >= 0.3 is 6.18 Å². The molecule has 0 atom stereocenters. The highest BCUT2D eigenvalue weighted by Crippen LogP contribution is 2.39. The molecule has 0 aliphatic heterocycles. The third-order valence-electron chi connectivity index (χ3n) is 3.25. The quantitative estimate of drug-likeness (QED) is 0.428. The minimum Gasteiger partial charge on any atom is -0.467 e. The number of nitrogens with zero attached hydrogens (tertiary/aromatic N) is 2. The van der Waals surface area contributed by atoms with Crippen molar-refractivity contribution < 1.29 is 27.4 Å². The van der Waals surface area contributed by atoms with Crippen LogP contribution in [0.2, 0.25) is 5.15 Å². The van der Waals surface area contributed by atoms with Crippen molar-refractivity contribution in [1.29, 1.82) is 0 Å². The second-order valence-corrected chi connectivity index (χ2v) is 5.33. The summed E-state index contributed by atoms with van der Waals surface area (Å²) in [5.74, 6) is -0.0648. The Bertz CT molecular complexity index is 782. The maximum absolute atomic E-state index is 13.1. The average molecular weight is 375 g/mol. The number of ether oxygens (including phenoxy) is 2. The van der Waals surface area contributed by atoms with E-state index in [1.54, 1.807) is 6.92 Å². The van der Waals surface area contributed by atoms with Crippen molar-refractivity contribution in [2.24, 2.45) is 0 Å². The van der Waals surface area contributed by atoms with Gasteiger partial charge in [0.25, 0.3) is 0 Å². The van der Waals surface area contributed by atoms with Gasteiger partial charge < -0.3 is 9.47 Å². The molecule has 0 spiro atoms. The van der Waals surface area contributed by atoms with E-state index in [9.17, 15) is 18.0 Å². The molecule has 5 nitrogen and oxygen atoms in total. The van der Waals surface area contributed by atoms with Gasteiger partial charge in [0.2, 0.25) is 0 Å². The molecule has 0 unspecified atom stereocenters. The molecule has 0 amide bonds. The van der Waals surface area contributed by atoms with E-state index in [1.165, 1.54) is 13.1 Å². The number of halogens is 4. The normalized spacial score (nSPS) is 11.4. The Labute approximate surface area is 146 Å². The summed E-state index contributed by atoms with van der Waals surface area (Å²) in [5.41, 5.74) is -0.172. The Kier molecular flexibility index (Phi) is 5.97. The molecular formula is C16H14ClF3N2O3. The van der Waals surface area contributed by atoms with Gasteiger partial charge in [-0.3, -0.25) is 4.79 Å². The molecule has 9 heteroatoms. The highest BCUT2D eigenvalue weighted by Gasteiger charge is 2.32. The molecule has 0 radical (unpaired) electrons. The van der Waals surface area contributed by atoms with Crippen LogP contribution in [0.1, 0.15) is 28.5 Å². The summed E-state index contributed by atoms with van der Waals surface area (Å²) in [6.45, 7) is 3.33. The van der Waals surface area contributed by atoms with Crippen molar-refractivity contribution >= 4 is 17.9 Å². The zero-order valence-corrected chi connectivity index (χ0v) is 14.1. The van der Waals surface area contributed by atoms with E-state index in [1.807, 2.05) is 0 Å². The van der Waals surface area contributed by atoms with Gasteiger partial charge in [0, 0.05) is 12.2 Å². The van der Waals surface area contributed by atoms with Gasteiger partial charge in [0.05, 0.1) is 17.5 Å². The first-order valence-corrected chi connectivity index (χ1v) is 7.56. The smallest absolute Gasteiger partial charge is 0.416 e.